The second kappa shape index (κ2) is 11.8. The number of rotatable bonds is 10. The maximum absolute atomic E-state index is 14.3. The Kier molecular flexibility index (Phi) is 8.80. The van der Waals surface area contributed by atoms with Gasteiger partial charge in [-0.2, -0.15) is 0 Å². The van der Waals surface area contributed by atoms with Crippen molar-refractivity contribution in [3.63, 3.8) is 0 Å². The molecule has 0 spiro atoms. The second-order valence-corrected chi connectivity index (χ2v) is 8.62. The van der Waals surface area contributed by atoms with E-state index in [0.29, 0.717) is 24.0 Å². The van der Waals surface area contributed by atoms with Gasteiger partial charge in [0.05, 0.1) is 25.5 Å². The van der Waals surface area contributed by atoms with E-state index in [4.69, 9.17) is 4.74 Å². The summed E-state index contributed by atoms with van der Waals surface area (Å²) in [6.07, 6.45) is 10.4. The van der Waals surface area contributed by atoms with Crippen LogP contribution in [0.25, 0.3) is 0 Å². The van der Waals surface area contributed by atoms with Crippen LogP contribution < -0.4 is 4.74 Å². The molecule has 172 valence electrons. The number of methoxy groups -OCH3 is 1. The number of hydrogen-bond acceptors (Lipinski definition) is 4. The number of hydrogen-bond donors (Lipinski definition) is 0. The molecule has 1 saturated heterocycles. The summed E-state index contributed by atoms with van der Waals surface area (Å²) < 4.78 is 21.3. The van der Waals surface area contributed by atoms with Crippen LogP contribution in [0.15, 0.2) is 66.7 Å². The molecule has 32 heavy (non-hydrogen) atoms. The maximum Gasteiger partial charge on any atom is 0.127 e. The first-order chi connectivity index (χ1) is 15.5. The summed E-state index contributed by atoms with van der Waals surface area (Å²) in [7, 11) is 1.71. The van der Waals surface area contributed by atoms with Crippen LogP contribution in [0.4, 0.5) is 4.39 Å². The van der Waals surface area contributed by atoms with E-state index in [1.807, 2.05) is 18.3 Å². The first-order valence-corrected chi connectivity index (χ1v) is 11.5. The standard InChI is InChI=1S/C26H35FN4O/c1-5-20(2)8-6-11-26(27)21(3)17-31-19-24(28-29-31)18-30-14-12-22(13-15-30)23-9-7-10-25(16-23)32-4/h6-11,16,19-20,22H,3,5,12-15,17-18H2,1-2,4H3/b8-6-,26-11+. The molecule has 1 aliphatic rings. The molecule has 0 radical (unpaired) electrons. The van der Waals surface area contributed by atoms with Crippen LogP contribution in [0.1, 0.15) is 50.3 Å². The summed E-state index contributed by atoms with van der Waals surface area (Å²) in [4.78, 5) is 2.40. The lowest BCUT2D eigenvalue weighted by Crippen LogP contribution is -2.32. The van der Waals surface area contributed by atoms with Gasteiger partial charge < -0.3 is 4.74 Å². The van der Waals surface area contributed by atoms with Crippen LogP contribution in [0.5, 0.6) is 5.75 Å². The molecule has 5 nitrogen and oxygen atoms in total. The highest BCUT2D eigenvalue weighted by Gasteiger charge is 2.21. The van der Waals surface area contributed by atoms with Crippen molar-refractivity contribution in [3.05, 3.63) is 77.9 Å². The quantitative estimate of drug-likeness (QED) is 0.448. The molecule has 1 atom stereocenters. The Bertz CT molecular complexity index is 941. The van der Waals surface area contributed by atoms with Gasteiger partial charge in [0, 0.05) is 12.1 Å². The van der Waals surface area contributed by atoms with Gasteiger partial charge in [0.15, 0.2) is 0 Å². The van der Waals surface area contributed by atoms with Crippen LogP contribution in [-0.4, -0.2) is 40.1 Å². The molecule has 0 saturated carbocycles. The number of nitrogens with zero attached hydrogens (tertiary/aromatic N) is 4. The van der Waals surface area contributed by atoms with Gasteiger partial charge >= 0.3 is 0 Å². The summed E-state index contributed by atoms with van der Waals surface area (Å²) >= 11 is 0. The van der Waals surface area contributed by atoms with Crippen molar-refractivity contribution in [1.29, 1.82) is 0 Å². The number of halogens is 1. The van der Waals surface area contributed by atoms with Gasteiger partial charge in [-0.25, -0.2) is 9.07 Å². The third kappa shape index (κ3) is 6.89. The molecule has 3 rings (SSSR count). The highest BCUT2D eigenvalue weighted by molar-refractivity contribution is 5.31. The van der Waals surface area contributed by atoms with Gasteiger partial charge in [-0.15, -0.1) is 5.10 Å². The molecule has 1 aliphatic heterocycles. The van der Waals surface area contributed by atoms with Crippen molar-refractivity contribution in [2.24, 2.45) is 5.92 Å². The largest absolute Gasteiger partial charge is 0.497 e. The zero-order chi connectivity index (χ0) is 22.9. The third-order valence-electron chi connectivity index (χ3n) is 6.14. The van der Waals surface area contributed by atoms with Crippen molar-refractivity contribution in [3.8, 4) is 5.75 Å². The van der Waals surface area contributed by atoms with Crippen LogP contribution in [0.2, 0.25) is 0 Å². The highest BCUT2D eigenvalue weighted by atomic mass is 19.1. The summed E-state index contributed by atoms with van der Waals surface area (Å²) in [5, 5.41) is 8.44. The fourth-order valence-electron chi connectivity index (χ4n) is 3.89. The maximum atomic E-state index is 14.3. The zero-order valence-corrected chi connectivity index (χ0v) is 19.5. The third-order valence-corrected chi connectivity index (χ3v) is 6.14. The molecule has 1 fully saturated rings. The van der Waals surface area contributed by atoms with Crippen molar-refractivity contribution < 1.29 is 9.13 Å². The molecule has 6 heteroatoms. The van der Waals surface area contributed by atoms with Crippen molar-refractivity contribution >= 4 is 0 Å². The molecule has 1 aromatic carbocycles. The Labute approximate surface area is 191 Å². The summed E-state index contributed by atoms with van der Waals surface area (Å²) in [5.41, 5.74) is 2.65. The monoisotopic (exact) mass is 438 g/mol. The van der Waals surface area contributed by atoms with E-state index in [-0.39, 0.29) is 5.83 Å². The lowest BCUT2D eigenvalue weighted by Gasteiger charge is -2.31. The smallest absolute Gasteiger partial charge is 0.127 e. The van der Waals surface area contributed by atoms with Gasteiger partial charge in [-0.1, -0.05) is 56.3 Å². The number of piperidine rings is 1. The highest BCUT2D eigenvalue weighted by Crippen LogP contribution is 2.30. The van der Waals surface area contributed by atoms with Gasteiger partial charge in [-0.05, 0) is 61.5 Å². The molecule has 1 unspecified atom stereocenters. The molecular formula is C26H35FN4O. The fraction of sp³-hybridized carbons (Fsp3) is 0.462. The molecule has 1 aromatic heterocycles. The van der Waals surface area contributed by atoms with Crippen LogP contribution in [0.3, 0.4) is 0 Å². The molecule has 2 heterocycles. The van der Waals surface area contributed by atoms with E-state index < -0.39 is 0 Å². The van der Waals surface area contributed by atoms with Gasteiger partial charge in [0.2, 0.25) is 0 Å². The molecule has 2 aromatic rings. The van der Waals surface area contributed by atoms with E-state index in [9.17, 15) is 4.39 Å². The first kappa shape index (κ1) is 23.9. The summed E-state index contributed by atoms with van der Waals surface area (Å²) in [6, 6.07) is 8.39. The number of ether oxygens (including phenoxy) is 1. The minimum Gasteiger partial charge on any atom is -0.497 e. The van der Waals surface area contributed by atoms with E-state index in [2.05, 4.69) is 53.8 Å². The summed E-state index contributed by atoms with van der Waals surface area (Å²) in [6.45, 7) is 11.2. The van der Waals surface area contributed by atoms with E-state index >= 15 is 0 Å². The Hall–Kier alpha value is -2.73. The average molecular weight is 439 g/mol. The fourth-order valence-corrected chi connectivity index (χ4v) is 3.89. The average Bonchev–Trinajstić information content (AvgIpc) is 3.25. The molecule has 0 N–H and O–H groups in total. The summed E-state index contributed by atoms with van der Waals surface area (Å²) in [5.74, 6) is 1.59. The Morgan fingerprint density at radius 1 is 1.34 bits per heavy atom. The van der Waals surface area contributed by atoms with Crippen molar-refractivity contribution in [1.82, 2.24) is 19.9 Å². The van der Waals surface area contributed by atoms with Gasteiger partial charge in [0.1, 0.15) is 11.6 Å². The van der Waals surface area contributed by atoms with Crippen LogP contribution in [-0.2, 0) is 13.1 Å². The molecule has 0 aliphatic carbocycles. The van der Waals surface area contributed by atoms with Crippen molar-refractivity contribution in [2.45, 2.75) is 52.1 Å². The molecule has 0 bridgehead atoms. The predicted molar refractivity (Wildman–Crippen MR) is 127 cm³/mol. The normalized spacial score (nSPS) is 17.1. The SMILES string of the molecule is C=C(Cn1cc(CN2CCC(c3cccc(OC)c3)CC2)nn1)/C(F)=C\C=C/C(C)CC. The number of aromatic nitrogens is 3. The van der Waals surface area contributed by atoms with Gasteiger partial charge in [0.25, 0.3) is 0 Å². The number of benzene rings is 1. The lowest BCUT2D eigenvalue weighted by atomic mass is 9.89. The Morgan fingerprint density at radius 2 is 2.12 bits per heavy atom. The minimum atomic E-state index is -0.318. The number of likely N-dealkylation sites (tertiary alicyclic amines) is 1. The number of allylic oxidation sites excluding steroid dienone is 5. The molecule has 0 amide bonds. The first-order valence-electron chi connectivity index (χ1n) is 11.5. The van der Waals surface area contributed by atoms with E-state index in [1.54, 1.807) is 17.9 Å². The van der Waals surface area contributed by atoms with E-state index in [0.717, 1.165) is 50.3 Å². The van der Waals surface area contributed by atoms with Gasteiger partial charge in [-0.3, -0.25) is 4.90 Å². The Balaban J connectivity index is 1.48. The minimum absolute atomic E-state index is 0.296. The lowest BCUT2D eigenvalue weighted by molar-refractivity contribution is 0.202. The zero-order valence-electron chi connectivity index (χ0n) is 19.5. The topological polar surface area (TPSA) is 43.2 Å². The Morgan fingerprint density at radius 3 is 2.84 bits per heavy atom. The predicted octanol–water partition coefficient (Wildman–Crippen LogP) is 5.68. The molecular weight excluding hydrogens is 403 g/mol. The van der Waals surface area contributed by atoms with E-state index in [1.165, 1.54) is 11.6 Å². The second-order valence-electron chi connectivity index (χ2n) is 8.62. The van der Waals surface area contributed by atoms with Crippen molar-refractivity contribution in [2.75, 3.05) is 20.2 Å². The van der Waals surface area contributed by atoms with Crippen LogP contribution >= 0.6 is 0 Å². The van der Waals surface area contributed by atoms with Crippen LogP contribution in [0, 0.1) is 5.92 Å².